The molecule has 0 atom stereocenters. The van der Waals surface area contributed by atoms with E-state index in [0.717, 1.165) is 81.9 Å². The first-order chi connectivity index (χ1) is 17.2. The standard InChI is InChI=1S/C29H35N3O3/c1-22-27(11-8-24-4-2-14-30-29(22)24)23-6-9-25(10-7-23)35-26-12-16-32(17-13-26)28(33)5-3-15-31-18-20-34-21-19-31/h2,4,6-11,14,26H,3,5,12-13,15-21H2,1H3. The summed E-state index contributed by atoms with van der Waals surface area (Å²) in [4.78, 5) is 21.6. The van der Waals surface area contributed by atoms with E-state index in [1.54, 1.807) is 0 Å². The lowest BCUT2D eigenvalue weighted by molar-refractivity contribution is -0.133. The summed E-state index contributed by atoms with van der Waals surface area (Å²) >= 11 is 0. The topological polar surface area (TPSA) is 54.9 Å². The zero-order valence-corrected chi connectivity index (χ0v) is 20.6. The Hall–Kier alpha value is -2.96. The highest BCUT2D eigenvalue weighted by Gasteiger charge is 2.24. The molecule has 2 aliphatic rings. The van der Waals surface area contributed by atoms with Crippen LogP contribution in [0.2, 0.25) is 0 Å². The van der Waals surface area contributed by atoms with Gasteiger partial charge in [0.2, 0.25) is 5.91 Å². The van der Waals surface area contributed by atoms with E-state index in [2.05, 4.69) is 59.3 Å². The predicted molar refractivity (Wildman–Crippen MR) is 139 cm³/mol. The fraction of sp³-hybridized carbons (Fsp3) is 0.448. The Bertz CT molecular complexity index is 1130. The minimum absolute atomic E-state index is 0.157. The Morgan fingerprint density at radius 2 is 1.80 bits per heavy atom. The van der Waals surface area contributed by atoms with Crippen molar-refractivity contribution < 1.29 is 14.3 Å². The number of likely N-dealkylation sites (tertiary alicyclic amines) is 1. The zero-order valence-electron chi connectivity index (χ0n) is 20.6. The van der Waals surface area contributed by atoms with Crippen LogP contribution in [0.5, 0.6) is 5.75 Å². The van der Waals surface area contributed by atoms with Crippen molar-refractivity contribution in [3.05, 3.63) is 60.3 Å². The highest BCUT2D eigenvalue weighted by molar-refractivity contribution is 5.88. The van der Waals surface area contributed by atoms with E-state index in [-0.39, 0.29) is 12.0 Å². The number of benzene rings is 2. The van der Waals surface area contributed by atoms with Gasteiger partial charge in [-0.2, -0.15) is 0 Å². The van der Waals surface area contributed by atoms with Crippen molar-refractivity contribution in [2.24, 2.45) is 0 Å². The van der Waals surface area contributed by atoms with Gasteiger partial charge in [-0.15, -0.1) is 0 Å². The van der Waals surface area contributed by atoms with Gasteiger partial charge in [0.05, 0.1) is 18.7 Å². The number of fused-ring (bicyclic) bond motifs is 1. The summed E-state index contributed by atoms with van der Waals surface area (Å²) in [5, 5.41) is 1.16. The highest BCUT2D eigenvalue weighted by Crippen LogP contribution is 2.30. The van der Waals surface area contributed by atoms with Gasteiger partial charge in [0.15, 0.2) is 0 Å². The van der Waals surface area contributed by atoms with Crippen molar-refractivity contribution in [1.82, 2.24) is 14.8 Å². The van der Waals surface area contributed by atoms with Crippen LogP contribution in [0, 0.1) is 6.92 Å². The lowest BCUT2D eigenvalue weighted by Gasteiger charge is -2.32. The molecule has 0 spiro atoms. The second-order valence-corrected chi connectivity index (χ2v) is 9.59. The van der Waals surface area contributed by atoms with Gasteiger partial charge in [-0.25, -0.2) is 0 Å². The van der Waals surface area contributed by atoms with E-state index >= 15 is 0 Å². The largest absolute Gasteiger partial charge is 0.490 e. The van der Waals surface area contributed by atoms with Crippen LogP contribution in [0.25, 0.3) is 22.0 Å². The molecule has 2 aromatic carbocycles. The first-order valence-corrected chi connectivity index (χ1v) is 12.9. The molecule has 0 bridgehead atoms. The van der Waals surface area contributed by atoms with Gasteiger partial charge >= 0.3 is 0 Å². The van der Waals surface area contributed by atoms with Gasteiger partial charge in [0.25, 0.3) is 0 Å². The maximum Gasteiger partial charge on any atom is 0.222 e. The molecule has 184 valence electrons. The number of amides is 1. The van der Waals surface area contributed by atoms with Crippen LogP contribution in [0.1, 0.15) is 31.2 Å². The van der Waals surface area contributed by atoms with E-state index in [1.165, 1.54) is 16.7 Å². The second kappa shape index (κ2) is 11.2. The average molecular weight is 474 g/mol. The van der Waals surface area contributed by atoms with Crippen LogP contribution in [0.4, 0.5) is 0 Å². The van der Waals surface area contributed by atoms with Gasteiger partial charge in [-0.3, -0.25) is 14.7 Å². The van der Waals surface area contributed by atoms with Crippen LogP contribution in [0.15, 0.2) is 54.7 Å². The van der Waals surface area contributed by atoms with E-state index in [1.807, 2.05) is 17.2 Å². The molecule has 0 saturated carbocycles. The number of carbonyl (C=O) groups is 1. The first-order valence-electron chi connectivity index (χ1n) is 12.9. The number of nitrogens with zero attached hydrogens (tertiary/aromatic N) is 3. The van der Waals surface area contributed by atoms with Gasteiger partial charge in [-0.1, -0.05) is 30.3 Å². The Morgan fingerprint density at radius 1 is 1.03 bits per heavy atom. The summed E-state index contributed by atoms with van der Waals surface area (Å²) in [5.74, 6) is 1.17. The maximum absolute atomic E-state index is 12.6. The summed E-state index contributed by atoms with van der Waals surface area (Å²) in [7, 11) is 0. The minimum atomic E-state index is 0.157. The molecule has 3 aromatic rings. The van der Waals surface area contributed by atoms with E-state index in [4.69, 9.17) is 9.47 Å². The molecule has 2 aliphatic heterocycles. The third kappa shape index (κ3) is 5.82. The van der Waals surface area contributed by atoms with Crippen molar-refractivity contribution in [2.75, 3.05) is 45.9 Å². The number of rotatable bonds is 7. The highest BCUT2D eigenvalue weighted by atomic mass is 16.5. The number of aryl methyl sites for hydroxylation is 1. The molecular weight excluding hydrogens is 438 g/mol. The molecule has 3 heterocycles. The third-order valence-corrected chi connectivity index (χ3v) is 7.26. The van der Waals surface area contributed by atoms with Crippen LogP contribution in [-0.4, -0.2) is 72.7 Å². The van der Waals surface area contributed by atoms with Gasteiger partial charge < -0.3 is 14.4 Å². The number of piperidine rings is 1. The van der Waals surface area contributed by atoms with Crippen LogP contribution >= 0.6 is 0 Å². The minimum Gasteiger partial charge on any atom is -0.490 e. The molecule has 2 saturated heterocycles. The number of hydrogen-bond donors (Lipinski definition) is 0. The lowest BCUT2D eigenvalue weighted by Crippen LogP contribution is -2.42. The summed E-state index contributed by atoms with van der Waals surface area (Å²) in [6, 6.07) is 16.7. The third-order valence-electron chi connectivity index (χ3n) is 7.26. The van der Waals surface area contributed by atoms with E-state index in [9.17, 15) is 4.79 Å². The monoisotopic (exact) mass is 473 g/mol. The fourth-order valence-electron chi connectivity index (χ4n) is 5.17. The van der Waals surface area contributed by atoms with E-state index < -0.39 is 0 Å². The van der Waals surface area contributed by atoms with Crippen molar-refractivity contribution >= 4 is 16.8 Å². The molecule has 0 N–H and O–H groups in total. The van der Waals surface area contributed by atoms with Crippen molar-refractivity contribution in [1.29, 1.82) is 0 Å². The SMILES string of the molecule is Cc1c(-c2ccc(OC3CCN(C(=O)CCCN4CCOCC4)CC3)cc2)ccc2cccnc12. The van der Waals surface area contributed by atoms with Gasteiger partial charge in [-0.05, 0) is 54.8 Å². The molecule has 0 radical (unpaired) electrons. The Kier molecular flexibility index (Phi) is 7.60. The van der Waals surface area contributed by atoms with Gasteiger partial charge in [0, 0.05) is 57.0 Å². The lowest BCUT2D eigenvalue weighted by atomic mass is 9.98. The zero-order chi connectivity index (χ0) is 24.0. The molecule has 5 rings (SSSR count). The molecular formula is C29H35N3O3. The van der Waals surface area contributed by atoms with Gasteiger partial charge in [0.1, 0.15) is 11.9 Å². The molecule has 6 heteroatoms. The molecule has 6 nitrogen and oxygen atoms in total. The van der Waals surface area contributed by atoms with Crippen molar-refractivity contribution in [3.63, 3.8) is 0 Å². The number of ether oxygens (including phenoxy) is 2. The normalized spacial score (nSPS) is 17.6. The van der Waals surface area contributed by atoms with Crippen LogP contribution in [-0.2, 0) is 9.53 Å². The predicted octanol–water partition coefficient (Wildman–Crippen LogP) is 4.69. The molecule has 0 unspecified atom stereocenters. The number of morpholine rings is 1. The summed E-state index contributed by atoms with van der Waals surface area (Å²) in [6.45, 7) is 8.26. The number of carbonyl (C=O) groups excluding carboxylic acids is 1. The molecule has 0 aliphatic carbocycles. The maximum atomic E-state index is 12.6. The number of aromatic nitrogens is 1. The quantitative estimate of drug-likeness (QED) is 0.498. The fourth-order valence-corrected chi connectivity index (χ4v) is 5.17. The van der Waals surface area contributed by atoms with Crippen LogP contribution in [0.3, 0.4) is 0 Å². The number of hydrogen-bond acceptors (Lipinski definition) is 5. The Morgan fingerprint density at radius 3 is 2.57 bits per heavy atom. The first kappa shape index (κ1) is 23.8. The number of pyridine rings is 1. The Balaban J connectivity index is 1.10. The smallest absolute Gasteiger partial charge is 0.222 e. The van der Waals surface area contributed by atoms with Crippen molar-refractivity contribution in [2.45, 2.75) is 38.7 Å². The summed E-state index contributed by atoms with van der Waals surface area (Å²) in [6.07, 6.45) is 5.33. The second-order valence-electron chi connectivity index (χ2n) is 9.59. The Labute approximate surface area is 207 Å². The average Bonchev–Trinajstić information content (AvgIpc) is 2.91. The van der Waals surface area contributed by atoms with Crippen LogP contribution < -0.4 is 4.74 Å². The summed E-state index contributed by atoms with van der Waals surface area (Å²) in [5.41, 5.74) is 4.61. The summed E-state index contributed by atoms with van der Waals surface area (Å²) < 4.78 is 11.7. The molecule has 35 heavy (non-hydrogen) atoms. The molecule has 2 fully saturated rings. The molecule has 1 aromatic heterocycles. The van der Waals surface area contributed by atoms with Crippen molar-refractivity contribution in [3.8, 4) is 16.9 Å². The molecule has 1 amide bonds. The van der Waals surface area contributed by atoms with E-state index in [0.29, 0.717) is 6.42 Å².